The first-order valence-electron chi connectivity index (χ1n) is 7.07. The van der Waals surface area contributed by atoms with Crippen LogP contribution in [0.25, 0.3) is 0 Å². The summed E-state index contributed by atoms with van der Waals surface area (Å²) in [5.74, 6) is 0. The standard InChI is InChI=1S/C12H22O10S/c13-1-3-5(14)7(16)10(19)12(22-3)21-2-4-6(15)8(17)9(18)11(20)23-4/h3-20H,1-2H2/t3?,4?,5-,6-,7?,8-,9?,10?,11+,12+/m0/s1. The van der Waals surface area contributed by atoms with E-state index in [2.05, 4.69) is 0 Å². The Hall–Kier alpha value is -0.0500. The molecule has 10 atom stereocenters. The third kappa shape index (κ3) is 3.96. The van der Waals surface area contributed by atoms with E-state index in [1.54, 1.807) is 0 Å². The summed E-state index contributed by atoms with van der Waals surface area (Å²) in [5, 5.41) is 75.8. The first-order chi connectivity index (χ1) is 10.8. The molecule has 0 aromatic carbocycles. The highest BCUT2D eigenvalue weighted by Crippen LogP contribution is 2.32. The van der Waals surface area contributed by atoms with E-state index in [-0.39, 0.29) is 6.61 Å². The van der Waals surface area contributed by atoms with Crippen molar-refractivity contribution in [2.75, 3.05) is 13.2 Å². The van der Waals surface area contributed by atoms with Crippen LogP contribution in [0.4, 0.5) is 0 Å². The third-order valence-corrected chi connectivity index (χ3v) is 5.28. The predicted octanol–water partition coefficient (Wildman–Crippen LogP) is -4.68. The molecule has 2 aliphatic rings. The molecule has 0 spiro atoms. The highest BCUT2D eigenvalue weighted by atomic mass is 32.2. The van der Waals surface area contributed by atoms with Gasteiger partial charge in [0.15, 0.2) is 6.29 Å². The van der Waals surface area contributed by atoms with Crippen LogP contribution in [0.2, 0.25) is 0 Å². The molecular weight excluding hydrogens is 336 g/mol. The summed E-state index contributed by atoms with van der Waals surface area (Å²) in [6.07, 6.45) is -11.6. The lowest BCUT2D eigenvalue weighted by Gasteiger charge is -2.41. The van der Waals surface area contributed by atoms with Gasteiger partial charge in [0.25, 0.3) is 0 Å². The molecule has 23 heavy (non-hydrogen) atoms. The zero-order valence-electron chi connectivity index (χ0n) is 12.0. The third-order valence-electron chi connectivity index (χ3n) is 3.96. The van der Waals surface area contributed by atoms with Gasteiger partial charge in [-0.05, 0) is 0 Å². The number of hydrogen-bond donors (Lipinski definition) is 8. The van der Waals surface area contributed by atoms with Crippen molar-refractivity contribution < 1.29 is 50.3 Å². The van der Waals surface area contributed by atoms with E-state index in [1.165, 1.54) is 0 Å². The van der Waals surface area contributed by atoms with E-state index in [4.69, 9.17) is 14.6 Å². The fraction of sp³-hybridized carbons (Fsp3) is 1.00. The van der Waals surface area contributed by atoms with Crippen molar-refractivity contribution >= 4 is 11.8 Å². The Balaban J connectivity index is 1.94. The van der Waals surface area contributed by atoms with E-state index in [0.717, 1.165) is 11.8 Å². The molecule has 0 saturated carbocycles. The Kier molecular flexibility index (Phi) is 6.61. The molecule has 2 rings (SSSR count). The molecule has 2 heterocycles. The number of aliphatic hydroxyl groups excluding tert-OH is 8. The van der Waals surface area contributed by atoms with Gasteiger partial charge in [0, 0.05) is 0 Å². The summed E-state index contributed by atoms with van der Waals surface area (Å²) < 4.78 is 10.4. The van der Waals surface area contributed by atoms with Crippen LogP contribution in [0.5, 0.6) is 0 Å². The molecule has 11 heteroatoms. The largest absolute Gasteiger partial charge is 0.394 e. The maximum Gasteiger partial charge on any atom is 0.186 e. The van der Waals surface area contributed by atoms with Crippen LogP contribution in [-0.4, -0.2) is 114 Å². The van der Waals surface area contributed by atoms with Crippen LogP contribution < -0.4 is 0 Å². The summed E-state index contributed by atoms with van der Waals surface area (Å²) in [6, 6.07) is 0. The van der Waals surface area contributed by atoms with E-state index < -0.39 is 66.3 Å². The van der Waals surface area contributed by atoms with E-state index in [0.29, 0.717) is 0 Å². The molecule has 2 aliphatic heterocycles. The molecular formula is C12H22O10S. The molecule has 2 saturated heterocycles. The fourth-order valence-electron chi connectivity index (χ4n) is 2.46. The van der Waals surface area contributed by atoms with Gasteiger partial charge in [0.2, 0.25) is 0 Å². The number of aliphatic hydroxyl groups is 8. The molecule has 0 aromatic rings. The second-order valence-corrected chi connectivity index (χ2v) is 6.93. The maximum absolute atomic E-state index is 9.86. The van der Waals surface area contributed by atoms with Crippen LogP contribution in [0, 0.1) is 0 Å². The van der Waals surface area contributed by atoms with Gasteiger partial charge in [-0.3, -0.25) is 0 Å². The minimum Gasteiger partial charge on any atom is -0.394 e. The van der Waals surface area contributed by atoms with Gasteiger partial charge in [0.1, 0.15) is 42.1 Å². The zero-order valence-corrected chi connectivity index (χ0v) is 12.8. The summed E-state index contributed by atoms with van der Waals surface area (Å²) in [4.78, 5) is 0. The van der Waals surface area contributed by atoms with Crippen molar-refractivity contribution in [3.05, 3.63) is 0 Å². The maximum atomic E-state index is 9.86. The van der Waals surface area contributed by atoms with Crippen LogP contribution >= 0.6 is 11.8 Å². The Labute approximate surface area is 135 Å². The lowest BCUT2D eigenvalue weighted by molar-refractivity contribution is -0.301. The lowest BCUT2D eigenvalue weighted by atomic mass is 9.99. The van der Waals surface area contributed by atoms with Crippen molar-refractivity contribution in [1.29, 1.82) is 0 Å². The summed E-state index contributed by atoms with van der Waals surface area (Å²) >= 11 is 0.776. The topological polar surface area (TPSA) is 180 Å². The van der Waals surface area contributed by atoms with E-state index in [9.17, 15) is 35.7 Å². The highest BCUT2D eigenvalue weighted by Gasteiger charge is 2.46. The molecule has 136 valence electrons. The summed E-state index contributed by atoms with van der Waals surface area (Å²) in [6.45, 7) is -0.884. The van der Waals surface area contributed by atoms with Gasteiger partial charge in [-0.1, -0.05) is 0 Å². The second-order valence-electron chi connectivity index (χ2n) is 5.57. The first-order valence-corrected chi connectivity index (χ1v) is 8.02. The van der Waals surface area contributed by atoms with Gasteiger partial charge < -0.3 is 50.3 Å². The van der Waals surface area contributed by atoms with Gasteiger partial charge in [-0.15, -0.1) is 11.8 Å². The predicted molar refractivity (Wildman–Crippen MR) is 75.1 cm³/mol. The second kappa shape index (κ2) is 7.89. The smallest absolute Gasteiger partial charge is 0.186 e. The molecule has 0 aromatic heterocycles. The van der Waals surface area contributed by atoms with E-state index >= 15 is 0 Å². The Bertz CT molecular complexity index is 385. The molecule has 0 bridgehead atoms. The van der Waals surface area contributed by atoms with Crippen molar-refractivity contribution in [3.63, 3.8) is 0 Å². The molecule has 2 fully saturated rings. The van der Waals surface area contributed by atoms with Crippen LogP contribution in [0.1, 0.15) is 0 Å². The normalized spacial score (nSPS) is 51.7. The van der Waals surface area contributed by atoms with Crippen molar-refractivity contribution in [1.82, 2.24) is 0 Å². The minimum absolute atomic E-state index is 0.282. The summed E-state index contributed by atoms with van der Waals surface area (Å²) in [7, 11) is 0. The van der Waals surface area contributed by atoms with Gasteiger partial charge in [-0.25, -0.2) is 0 Å². The monoisotopic (exact) mass is 358 g/mol. The van der Waals surface area contributed by atoms with Crippen molar-refractivity contribution in [3.8, 4) is 0 Å². The average Bonchev–Trinajstić information content (AvgIpc) is 2.54. The number of hydrogen-bond acceptors (Lipinski definition) is 11. The van der Waals surface area contributed by atoms with Gasteiger partial charge in [0.05, 0.1) is 24.6 Å². The van der Waals surface area contributed by atoms with E-state index in [1.807, 2.05) is 0 Å². The van der Waals surface area contributed by atoms with Crippen LogP contribution in [0.3, 0.4) is 0 Å². The van der Waals surface area contributed by atoms with Crippen LogP contribution in [-0.2, 0) is 9.47 Å². The minimum atomic E-state index is -1.59. The fourth-order valence-corrected chi connectivity index (χ4v) is 3.62. The Morgan fingerprint density at radius 1 is 0.783 bits per heavy atom. The Morgan fingerprint density at radius 2 is 1.39 bits per heavy atom. The zero-order chi connectivity index (χ0) is 17.3. The van der Waals surface area contributed by atoms with Crippen LogP contribution in [0.15, 0.2) is 0 Å². The van der Waals surface area contributed by atoms with Crippen molar-refractivity contribution in [2.45, 2.75) is 59.7 Å². The van der Waals surface area contributed by atoms with Gasteiger partial charge in [-0.2, -0.15) is 0 Å². The molecule has 5 unspecified atom stereocenters. The quantitative estimate of drug-likeness (QED) is 0.242. The first kappa shape index (κ1) is 19.3. The average molecular weight is 358 g/mol. The number of thioether (sulfide) groups is 1. The highest BCUT2D eigenvalue weighted by molar-refractivity contribution is 8.00. The number of ether oxygens (including phenoxy) is 2. The Morgan fingerprint density at radius 3 is 2.00 bits per heavy atom. The number of rotatable bonds is 4. The SMILES string of the molecule is OCC1O[C@@H](OCC2S[C@@H](O)C(O)[C@@H](O)[C@H]2O)C(O)C(O)[C@H]1O. The lowest BCUT2D eigenvalue weighted by Crippen LogP contribution is -2.60. The summed E-state index contributed by atoms with van der Waals surface area (Å²) in [5.41, 5.74) is -1.32. The molecule has 10 nitrogen and oxygen atoms in total. The molecule has 8 N–H and O–H groups in total. The molecule has 0 radical (unpaired) electrons. The molecule has 0 amide bonds. The van der Waals surface area contributed by atoms with Crippen molar-refractivity contribution in [2.24, 2.45) is 0 Å². The van der Waals surface area contributed by atoms with Gasteiger partial charge >= 0.3 is 0 Å². The molecule has 0 aliphatic carbocycles.